The largest absolute Gasteiger partial charge is 0.316 e. The molecule has 0 spiro atoms. The maximum absolute atomic E-state index is 3.55. The molecule has 2 aliphatic rings. The van der Waals surface area contributed by atoms with Crippen molar-refractivity contribution < 1.29 is 0 Å². The molecular formula is C15H30N2. The predicted molar refractivity (Wildman–Crippen MR) is 74.3 cm³/mol. The zero-order valence-corrected chi connectivity index (χ0v) is 12.0. The Bertz CT molecular complexity index is 233. The number of nitrogens with zero attached hydrogens (tertiary/aromatic N) is 1. The van der Waals surface area contributed by atoms with Crippen LogP contribution in [0.5, 0.6) is 0 Å². The monoisotopic (exact) mass is 238 g/mol. The van der Waals surface area contributed by atoms with Gasteiger partial charge in [-0.05, 0) is 50.6 Å². The van der Waals surface area contributed by atoms with Gasteiger partial charge in [0.1, 0.15) is 0 Å². The van der Waals surface area contributed by atoms with E-state index in [0.717, 1.165) is 12.0 Å². The van der Waals surface area contributed by atoms with Crippen molar-refractivity contribution in [2.45, 2.75) is 58.4 Å². The molecule has 2 nitrogen and oxygen atoms in total. The Morgan fingerprint density at radius 1 is 1.35 bits per heavy atom. The normalized spacial score (nSPS) is 38.8. The first-order valence-corrected chi connectivity index (χ1v) is 7.56. The summed E-state index contributed by atoms with van der Waals surface area (Å²) >= 11 is 0. The van der Waals surface area contributed by atoms with Gasteiger partial charge in [-0.1, -0.05) is 26.7 Å². The van der Waals surface area contributed by atoms with E-state index in [9.17, 15) is 0 Å². The molecule has 1 N–H and O–H groups in total. The van der Waals surface area contributed by atoms with Gasteiger partial charge in [-0.25, -0.2) is 0 Å². The van der Waals surface area contributed by atoms with Gasteiger partial charge in [-0.3, -0.25) is 0 Å². The maximum Gasteiger partial charge on any atom is 0.00949 e. The van der Waals surface area contributed by atoms with E-state index in [1.54, 1.807) is 0 Å². The van der Waals surface area contributed by atoms with Crippen molar-refractivity contribution in [1.29, 1.82) is 0 Å². The van der Waals surface area contributed by atoms with Gasteiger partial charge >= 0.3 is 0 Å². The highest BCUT2D eigenvalue weighted by atomic mass is 15.1. The van der Waals surface area contributed by atoms with Crippen molar-refractivity contribution in [3.63, 3.8) is 0 Å². The number of nitrogens with one attached hydrogen (secondary N) is 1. The van der Waals surface area contributed by atoms with Gasteiger partial charge < -0.3 is 10.2 Å². The molecule has 17 heavy (non-hydrogen) atoms. The summed E-state index contributed by atoms with van der Waals surface area (Å²) in [6.45, 7) is 8.55. The summed E-state index contributed by atoms with van der Waals surface area (Å²) in [4.78, 5) is 2.67. The lowest BCUT2D eigenvalue weighted by Crippen LogP contribution is -2.43. The molecule has 2 heteroatoms. The van der Waals surface area contributed by atoms with Gasteiger partial charge in [0, 0.05) is 19.1 Å². The van der Waals surface area contributed by atoms with Crippen LogP contribution < -0.4 is 5.32 Å². The fourth-order valence-corrected chi connectivity index (χ4v) is 3.80. The quantitative estimate of drug-likeness (QED) is 0.810. The first kappa shape index (κ1) is 13.4. The molecule has 2 fully saturated rings. The molecule has 1 saturated heterocycles. The molecule has 1 saturated carbocycles. The molecule has 1 aliphatic carbocycles. The third kappa shape index (κ3) is 3.23. The van der Waals surface area contributed by atoms with Crippen molar-refractivity contribution in [2.24, 2.45) is 11.3 Å². The predicted octanol–water partition coefficient (Wildman–Crippen LogP) is 2.89. The van der Waals surface area contributed by atoms with Crippen LogP contribution in [0.3, 0.4) is 0 Å². The Labute approximate surface area is 107 Å². The first-order valence-electron chi connectivity index (χ1n) is 7.56. The summed E-state index contributed by atoms with van der Waals surface area (Å²) in [5.74, 6) is 0.940. The lowest BCUT2D eigenvalue weighted by Gasteiger charge is -2.39. The third-order valence-corrected chi connectivity index (χ3v) is 5.20. The van der Waals surface area contributed by atoms with Crippen LogP contribution in [0.1, 0.15) is 52.4 Å². The molecule has 0 radical (unpaired) electrons. The zero-order chi connectivity index (χ0) is 12.3. The fraction of sp³-hybridized carbons (Fsp3) is 1.00. The summed E-state index contributed by atoms with van der Waals surface area (Å²) < 4.78 is 0. The lowest BCUT2D eigenvalue weighted by molar-refractivity contribution is 0.106. The van der Waals surface area contributed by atoms with E-state index in [4.69, 9.17) is 0 Å². The molecule has 2 rings (SSSR count). The summed E-state index contributed by atoms with van der Waals surface area (Å²) in [5.41, 5.74) is 0.565. The lowest BCUT2D eigenvalue weighted by atomic mass is 9.81. The Morgan fingerprint density at radius 2 is 2.18 bits per heavy atom. The number of hydrogen-bond acceptors (Lipinski definition) is 2. The van der Waals surface area contributed by atoms with E-state index >= 15 is 0 Å². The molecule has 0 amide bonds. The van der Waals surface area contributed by atoms with Crippen LogP contribution in [-0.4, -0.2) is 37.6 Å². The average Bonchev–Trinajstić information content (AvgIpc) is 2.78. The van der Waals surface area contributed by atoms with Crippen LogP contribution in [0, 0.1) is 11.3 Å². The number of hydrogen-bond donors (Lipinski definition) is 1. The number of rotatable bonds is 4. The van der Waals surface area contributed by atoms with Crippen molar-refractivity contribution in [3.05, 3.63) is 0 Å². The Morgan fingerprint density at radius 3 is 2.76 bits per heavy atom. The third-order valence-electron chi connectivity index (χ3n) is 5.20. The van der Waals surface area contributed by atoms with Crippen molar-refractivity contribution in [1.82, 2.24) is 10.2 Å². The summed E-state index contributed by atoms with van der Waals surface area (Å²) in [6, 6.07) is 0.850. The van der Waals surface area contributed by atoms with E-state index < -0.39 is 0 Å². The second kappa shape index (κ2) is 5.71. The van der Waals surface area contributed by atoms with Crippen LogP contribution in [0.4, 0.5) is 0 Å². The molecule has 1 heterocycles. The van der Waals surface area contributed by atoms with Crippen LogP contribution in [0.2, 0.25) is 0 Å². The fourth-order valence-electron chi connectivity index (χ4n) is 3.80. The van der Waals surface area contributed by atoms with Gasteiger partial charge in [0.15, 0.2) is 0 Å². The van der Waals surface area contributed by atoms with Crippen LogP contribution in [0.25, 0.3) is 0 Å². The van der Waals surface area contributed by atoms with Gasteiger partial charge in [0.05, 0.1) is 0 Å². The van der Waals surface area contributed by atoms with Gasteiger partial charge in [0.25, 0.3) is 0 Å². The van der Waals surface area contributed by atoms with E-state index in [-0.39, 0.29) is 0 Å². The van der Waals surface area contributed by atoms with E-state index in [0.29, 0.717) is 5.41 Å². The molecule has 100 valence electrons. The minimum Gasteiger partial charge on any atom is -0.316 e. The molecule has 0 aromatic carbocycles. The van der Waals surface area contributed by atoms with Gasteiger partial charge in [-0.2, -0.15) is 0 Å². The summed E-state index contributed by atoms with van der Waals surface area (Å²) in [6.07, 6.45) is 8.43. The standard InChI is InChI=1S/C15H30N2/c1-4-15(8-9-16-11-15)12-17(3)14-7-5-6-13(2)10-14/h13-14,16H,4-12H2,1-3H3. The smallest absolute Gasteiger partial charge is 0.00949 e. The van der Waals surface area contributed by atoms with E-state index in [1.807, 2.05) is 0 Å². The molecule has 0 aromatic heterocycles. The van der Waals surface area contributed by atoms with Crippen molar-refractivity contribution in [3.8, 4) is 0 Å². The average molecular weight is 238 g/mol. The summed E-state index contributed by atoms with van der Waals surface area (Å²) in [5, 5.41) is 3.55. The Balaban J connectivity index is 1.88. The SMILES string of the molecule is CCC1(CN(C)C2CCCC(C)C2)CCNC1. The molecular weight excluding hydrogens is 208 g/mol. The minimum absolute atomic E-state index is 0.565. The molecule has 1 aliphatic heterocycles. The maximum atomic E-state index is 3.55. The molecule has 0 aromatic rings. The van der Waals surface area contributed by atoms with Crippen molar-refractivity contribution in [2.75, 3.05) is 26.7 Å². The highest BCUT2D eigenvalue weighted by Gasteiger charge is 2.35. The molecule has 3 atom stereocenters. The van der Waals surface area contributed by atoms with Crippen LogP contribution in [-0.2, 0) is 0 Å². The van der Waals surface area contributed by atoms with Gasteiger partial charge in [-0.15, -0.1) is 0 Å². The highest BCUT2D eigenvalue weighted by Crippen LogP contribution is 2.33. The van der Waals surface area contributed by atoms with E-state index in [1.165, 1.54) is 58.2 Å². The van der Waals surface area contributed by atoms with E-state index in [2.05, 4.69) is 31.1 Å². The topological polar surface area (TPSA) is 15.3 Å². The first-order chi connectivity index (χ1) is 8.15. The Hall–Kier alpha value is -0.0800. The minimum atomic E-state index is 0.565. The zero-order valence-electron chi connectivity index (χ0n) is 12.0. The van der Waals surface area contributed by atoms with Crippen LogP contribution in [0.15, 0.2) is 0 Å². The van der Waals surface area contributed by atoms with Gasteiger partial charge in [0.2, 0.25) is 0 Å². The molecule has 0 bridgehead atoms. The second-order valence-corrected chi connectivity index (χ2v) is 6.62. The Kier molecular flexibility index (Phi) is 4.48. The highest BCUT2D eigenvalue weighted by molar-refractivity contribution is 4.90. The van der Waals surface area contributed by atoms with Crippen molar-refractivity contribution >= 4 is 0 Å². The second-order valence-electron chi connectivity index (χ2n) is 6.62. The van der Waals surface area contributed by atoms with Crippen LogP contribution >= 0.6 is 0 Å². The summed E-state index contributed by atoms with van der Waals surface area (Å²) in [7, 11) is 2.36. The molecule has 3 unspecified atom stereocenters.